The molecule has 1 aromatic heterocycles. The first-order valence-corrected chi connectivity index (χ1v) is 12.0. The molecule has 4 heterocycles. The van der Waals surface area contributed by atoms with Crippen molar-refractivity contribution in [2.75, 3.05) is 42.5 Å². The minimum absolute atomic E-state index is 0.0302. The molecule has 3 aliphatic heterocycles. The van der Waals surface area contributed by atoms with Crippen molar-refractivity contribution < 1.29 is 4.79 Å². The van der Waals surface area contributed by atoms with E-state index >= 15 is 0 Å². The monoisotopic (exact) mass is 459 g/mol. The molecule has 0 N–H and O–H groups in total. The molecule has 8 heteroatoms. The highest BCUT2D eigenvalue weighted by molar-refractivity contribution is 6.42. The summed E-state index contributed by atoms with van der Waals surface area (Å²) in [7, 11) is 0. The standard InChI is InChI=1S/C23H27Cl2N5O/c24-18-7-6-16(14-19(18)25)22(31)30-13-8-20-17(15-30)21(28-9-2-1-3-10-28)27-23(26-20)29-11-4-5-12-29/h6-7,14H,1-5,8-13,15H2. The number of piperidine rings is 1. The van der Waals surface area contributed by atoms with Gasteiger partial charge in [-0.1, -0.05) is 23.2 Å². The number of nitrogens with zero attached hydrogens (tertiary/aromatic N) is 5. The predicted molar refractivity (Wildman–Crippen MR) is 124 cm³/mol. The lowest BCUT2D eigenvalue weighted by atomic mass is 10.0. The van der Waals surface area contributed by atoms with Crippen molar-refractivity contribution in [1.29, 1.82) is 0 Å². The van der Waals surface area contributed by atoms with Gasteiger partial charge in [0, 0.05) is 50.3 Å². The molecule has 0 radical (unpaired) electrons. The van der Waals surface area contributed by atoms with E-state index in [4.69, 9.17) is 33.2 Å². The van der Waals surface area contributed by atoms with Crippen LogP contribution in [0.4, 0.5) is 11.8 Å². The summed E-state index contributed by atoms with van der Waals surface area (Å²) in [6.07, 6.45) is 6.78. The van der Waals surface area contributed by atoms with Gasteiger partial charge in [-0.25, -0.2) is 4.98 Å². The molecule has 164 valence electrons. The number of fused-ring (bicyclic) bond motifs is 1. The van der Waals surface area contributed by atoms with Crippen molar-refractivity contribution in [3.05, 3.63) is 45.1 Å². The molecule has 2 fully saturated rings. The second-order valence-electron chi connectivity index (χ2n) is 8.62. The van der Waals surface area contributed by atoms with Gasteiger partial charge in [0.1, 0.15) is 5.82 Å². The minimum atomic E-state index is -0.0302. The van der Waals surface area contributed by atoms with Crippen molar-refractivity contribution >= 4 is 40.9 Å². The van der Waals surface area contributed by atoms with Crippen LogP contribution in [0.25, 0.3) is 0 Å². The molecule has 0 bridgehead atoms. The van der Waals surface area contributed by atoms with Crippen LogP contribution in [0, 0.1) is 0 Å². The molecule has 0 aliphatic carbocycles. The number of carbonyl (C=O) groups is 1. The van der Waals surface area contributed by atoms with Gasteiger partial charge in [0.2, 0.25) is 5.95 Å². The smallest absolute Gasteiger partial charge is 0.254 e. The van der Waals surface area contributed by atoms with Crippen LogP contribution < -0.4 is 9.80 Å². The maximum Gasteiger partial charge on any atom is 0.254 e. The highest BCUT2D eigenvalue weighted by Gasteiger charge is 2.30. The van der Waals surface area contributed by atoms with E-state index in [1.807, 2.05) is 4.90 Å². The lowest BCUT2D eigenvalue weighted by Gasteiger charge is -2.35. The van der Waals surface area contributed by atoms with Gasteiger partial charge in [0.15, 0.2) is 0 Å². The van der Waals surface area contributed by atoms with Gasteiger partial charge >= 0.3 is 0 Å². The largest absolute Gasteiger partial charge is 0.356 e. The van der Waals surface area contributed by atoms with Crippen LogP contribution in [0.2, 0.25) is 10.0 Å². The summed E-state index contributed by atoms with van der Waals surface area (Å²) in [5.41, 5.74) is 2.76. The summed E-state index contributed by atoms with van der Waals surface area (Å²) in [5, 5.41) is 0.856. The zero-order chi connectivity index (χ0) is 21.4. The van der Waals surface area contributed by atoms with Crippen molar-refractivity contribution in [3.8, 4) is 0 Å². The number of hydrogen-bond donors (Lipinski definition) is 0. The third-order valence-electron chi connectivity index (χ3n) is 6.52. The first kappa shape index (κ1) is 20.8. The van der Waals surface area contributed by atoms with Crippen LogP contribution in [-0.2, 0) is 13.0 Å². The van der Waals surface area contributed by atoms with E-state index < -0.39 is 0 Å². The van der Waals surface area contributed by atoms with E-state index in [1.54, 1.807) is 18.2 Å². The molecule has 3 aliphatic rings. The van der Waals surface area contributed by atoms with Gasteiger partial charge in [-0.15, -0.1) is 0 Å². The van der Waals surface area contributed by atoms with Gasteiger partial charge in [-0.05, 0) is 50.3 Å². The van der Waals surface area contributed by atoms with Crippen LogP contribution in [0.5, 0.6) is 0 Å². The number of halogens is 2. The number of rotatable bonds is 3. The second-order valence-corrected chi connectivity index (χ2v) is 9.43. The molecule has 31 heavy (non-hydrogen) atoms. The molecule has 2 aromatic rings. The normalized spacial score (nSPS) is 19.0. The number of anilines is 2. The molecule has 0 spiro atoms. The molecular formula is C23H27Cl2N5O. The van der Waals surface area contributed by atoms with E-state index in [2.05, 4.69) is 9.80 Å². The van der Waals surface area contributed by atoms with E-state index in [0.29, 0.717) is 28.7 Å². The Kier molecular flexibility index (Phi) is 5.93. The summed E-state index contributed by atoms with van der Waals surface area (Å²) >= 11 is 12.2. The van der Waals surface area contributed by atoms with Crippen molar-refractivity contribution in [1.82, 2.24) is 14.9 Å². The molecule has 0 saturated carbocycles. The summed E-state index contributed by atoms with van der Waals surface area (Å²) in [4.78, 5) is 29.8. The second kappa shape index (κ2) is 8.83. The zero-order valence-corrected chi connectivity index (χ0v) is 19.1. The topological polar surface area (TPSA) is 52.6 Å². The van der Waals surface area contributed by atoms with E-state index in [-0.39, 0.29) is 5.91 Å². The Morgan fingerprint density at radius 3 is 2.29 bits per heavy atom. The number of aromatic nitrogens is 2. The highest BCUT2D eigenvalue weighted by atomic mass is 35.5. The van der Waals surface area contributed by atoms with Crippen LogP contribution in [-0.4, -0.2) is 53.5 Å². The van der Waals surface area contributed by atoms with Gasteiger partial charge in [0.05, 0.1) is 22.3 Å². The third kappa shape index (κ3) is 4.20. The lowest BCUT2D eigenvalue weighted by Crippen LogP contribution is -2.39. The van der Waals surface area contributed by atoms with Gasteiger partial charge in [0.25, 0.3) is 5.91 Å². The Bertz CT molecular complexity index is 986. The Hall–Kier alpha value is -2.05. The first-order chi connectivity index (χ1) is 15.1. The zero-order valence-electron chi connectivity index (χ0n) is 17.6. The molecule has 2 saturated heterocycles. The predicted octanol–water partition coefficient (Wildman–Crippen LogP) is 4.57. The Labute approximate surface area is 193 Å². The molecule has 5 rings (SSSR count). The Balaban J connectivity index is 1.47. The number of hydrogen-bond acceptors (Lipinski definition) is 5. The molecule has 0 atom stereocenters. The first-order valence-electron chi connectivity index (χ1n) is 11.2. The molecule has 1 amide bonds. The van der Waals surface area contributed by atoms with Crippen LogP contribution >= 0.6 is 23.2 Å². The van der Waals surface area contributed by atoms with Crippen molar-refractivity contribution in [3.63, 3.8) is 0 Å². The molecular weight excluding hydrogens is 433 g/mol. The van der Waals surface area contributed by atoms with E-state index in [1.165, 1.54) is 32.1 Å². The average Bonchev–Trinajstić information content (AvgIpc) is 3.35. The summed E-state index contributed by atoms with van der Waals surface area (Å²) in [6.45, 7) is 5.26. The fourth-order valence-corrected chi connectivity index (χ4v) is 5.09. The van der Waals surface area contributed by atoms with Crippen LogP contribution in [0.15, 0.2) is 18.2 Å². The lowest BCUT2D eigenvalue weighted by molar-refractivity contribution is 0.0733. The van der Waals surface area contributed by atoms with Gasteiger partial charge in [-0.2, -0.15) is 4.98 Å². The summed E-state index contributed by atoms with van der Waals surface area (Å²) in [5.74, 6) is 1.86. The third-order valence-corrected chi connectivity index (χ3v) is 7.26. The van der Waals surface area contributed by atoms with Crippen LogP contribution in [0.3, 0.4) is 0 Å². The quantitative estimate of drug-likeness (QED) is 0.672. The van der Waals surface area contributed by atoms with E-state index in [9.17, 15) is 4.79 Å². The Morgan fingerprint density at radius 1 is 0.839 bits per heavy atom. The maximum absolute atomic E-state index is 13.2. The van der Waals surface area contributed by atoms with Crippen LogP contribution in [0.1, 0.15) is 53.7 Å². The van der Waals surface area contributed by atoms with Gasteiger partial charge < -0.3 is 14.7 Å². The SMILES string of the molecule is O=C(c1ccc(Cl)c(Cl)c1)N1CCc2nc(N3CCCC3)nc(N3CCCCC3)c2C1. The average molecular weight is 460 g/mol. The maximum atomic E-state index is 13.2. The Morgan fingerprint density at radius 2 is 1.55 bits per heavy atom. The number of benzene rings is 1. The highest BCUT2D eigenvalue weighted by Crippen LogP contribution is 2.32. The van der Waals surface area contributed by atoms with Crippen molar-refractivity contribution in [2.45, 2.75) is 45.1 Å². The van der Waals surface area contributed by atoms with E-state index in [0.717, 1.165) is 55.6 Å². The van der Waals surface area contributed by atoms with Crippen molar-refractivity contribution in [2.24, 2.45) is 0 Å². The molecule has 1 aromatic carbocycles. The number of amides is 1. The van der Waals surface area contributed by atoms with Gasteiger partial charge in [-0.3, -0.25) is 4.79 Å². The molecule has 6 nitrogen and oxygen atoms in total. The molecule has 0 unspecified atom stereocenters. The minimum Gasteiger partial charge on any atom is -0.356 e. The summed E-state index contributed by atoms with van der Waals surface area (Å²) in [6, 6.07) is 5.07. The fraction of sp³-hybridized carbons (Fsp3) is 0.522. The summed E-state index contributed by atoms with van der Waals surface area (Å²) < 4.78 is 0. The number of carbonyl (C=O) groups excluding carboxylic acids is 1. The fourth-order valence-electron chi connectivity index (χ4n) is 4.79.